The summed E-state index contributed by atoms with van der Waals surface area (Å²) in [6.07, 6.45) is -0.209. The molecule has 1 atom stereocenters. The van der Waals surface area contributed by atoms with Gasteiger partial charge in [0.15, 0.2) is 0 Å². The molecule has 2 aromatic carbocycles. The van der Waals surface area contributed by atoms with Crippen LogP contribution in [0.15, 0.2) is 48.5 Å². The lowest BCUT2D eigenvalue weighted by Crippen LogP contribution is -2.32. The molecule has 128 valence electrons. The van der Waals surface area contributed by atoms with Gasteiger partial charge in [0.1, 0.15) is 16.7 Å². The zero-order valence-electron chi connectivity index (χ0n) is 12.9. The predicted octanol–water partition coefficient (Wildman–Crippen LogP) is 2.70. The normalized spacial score (nSPS) is 17.0. The van der Waals surface area contributed by atoms with E-state index in [0.717, 1.165) is 16.7 Å². The third-order valence-corrected chi connectivity index (χ3v) is 4.60. The lowest BCUT2D eigenvalue weighted by molar-refractivity contribution is -0.121. The number of carbonyl (C=O) groups is 3. The average molecular weight is 358 g/mol. The number of para-hydroxylation sites is 2. The molecule has 3 N–H and O–H groups in total. The lowest BCUT2D eigenvalue weighted by Gasteiger charge is -2.14. The van der Waals surface area contributed by atoms with Gasteiger partial charge >= 0.3 is 0 Å². The van der Waals surface area contributed by atoms with E-state index in [1.54, 1.807) is 12.1 Å². The standard InChI is InChI=1S/C17H14N2O5S/c20-11-5-3-4-10(8-11)19-16(23)14(25-17(19)24)9-15(22)18-12-6-1-2-7-13(12)21/h1-8,14,20-21H,9H2,(H,18,22). The van der Waals surface area contributed by atoms with E-state index in [0.29, 0.717) is 0 Å². The maximum absolute atomic E-state index is 12.5. The number of phenolic OH excluding ortho intramolecular Hbond substituents is 2. The zero-order valence-corrected chi connectivity index (χ0v) is 13.7. The fraction of sp³-hybridized carbons (Fsp3) is 0.118. The SMILES string of the molecule is O=C(CC1SC(=O)N(c2cccc(O)c2)C1=O)Nc1ccccc1O. The second-order valence-electron chi connectivity index (χ2n) is 5.34. The topological polar surface area (TPSA) is 107 Å². The van der Waals surface area contributed by atoms with Gasteiger partial charge in [-0.2, -0.15) is 0 Å². The number of aromatic hydroxyl groups is 2. The maximum atomic E-state index is 12.5. The summed E-state index contributed by atoms with van der Waals surface area (Å²) in [4.78, 5) is 37.6. The summed E-state index contributed by atoms with van der Waals surface area (Å²) in [6, 6.07) is 12.0. The molecule has 0 saturated carbocycles. The summed E-state index contributed by atoms with van der Waals surface area (Å²) in [6.45, 7) is 0. The summed E-state index contributed by atoms with van der Waals surface area (Å²) in [5.41, 5.74) is 0.491. The molecule has 1 saturated heterocycles. The molecule has 3 amide bonds. The highest BCUT2D eigenvalue weighted by Gasteiger charge is 2.41. The van der Waals surface area contributed by atoms with Gasteiger partial charge in [-0.15, -0.1) is 0 Å². The summed E-state index contributed by atoms with van der Waals surface area (Å²) in [5, 5.41) is 20.3. The van der Waals surface area contributed by atoms with Crippen LogP contribution >= 0.6 is 11.8 Å². The first-order valence-electron chi connectivity index (χ1n) is 7.37. The van der Waals surface area contributed by atoms with Crippen molar-refractivity contribution in [3.63, 3.8) is 0 Å². The van der Waals surface area contributed by atoms with Gasteiger partial charge in [-0.05, 0) is 36.0 Å². The summed E-state index contributed by atoms with van der Waals surface area (Å²) >= 11 is 0.758. The number of amides is 3. The van der Waals surface area contributed by atoms with Crippen molar-refractivity contribution >= 4 is 40.2 Å². The van der Waals surface area contributed by atoms with Crippen LogP contribution < -0.4 is 10.2 Å². The molecule has 1 aliphatic rings. The second kappa shape index (κ2) is 6.86. The molecule has 8 heteroatoms. The molecule has 0 spiro atoms. The molecule has 0 aliphatic carbocycles. The van der Waals surface area contributed by atoms with Crippen LogP contribution in [0.25, 0.3) is 0 Å². The minimum absolute atomic E-state index is 0.0659. The smallest absolute Gasteiger partial charge is 0.293 e. The van der Waals surface area contributed by atoms with Crippen LogP contribution in [0.2, 0.25) is 0 Å². The molecule has 2 aromatic rings. The van der Waals surface area contributed by atoms with Crippen LogP contribution in [0.3, 0.4) is 0 Å². The first-order valence-corrected chi connectivity index (χ1v) is 8.25. The zero-order chi connectivity index (χ0) is 18.0. The Morgan fingerprint density at radius 2 is 1.88 bits per heavy atom. The number of benzene rings is 2. The molecule has 0 bridgehead atoms. The molecule has 25 heavy (non-hydrogen) atoms. The minimum Gasteiger partial charge on any atom is -0.508 e. The predicted molar refractivity (Wildman–Crippen MR) is 93.7 cm³/mol. The number of hydrogen-bond donors (Lipinski definition) is 3. The molecule has 1 aliphatic heterocycles. The van der Waals surface area contributed by atoms with Crippen molar-refractivity contribution < 1.29 is 24.6 Å². The number of thioether (sulfide) groups is 1. The van der Waals surface area contributed by atoms with Crippen molar-refractivity contribution in [3.05, 3.63) is 48.5 Å². The van der Waals surface area contributed by atoms with E-state index in [-0.39, 0.29) is 29.3 Å². The van der Waals surface area contributed by atoms with Gasteiger partial charge in [-0.3, -0.25) is 14.4 Å². The van der Waals surface area contributed by atoms with E-state index < -0.39 is 22.3 Å². The van der Waals surface area contributed by atoms with Crippen LogP contribution in [0, 0.1) is 0 Å². The minimum atomic E-state index is -0.860. The van der Waals surface area contributed by atoms with E-state index in [9.17, 15) is 24.6 Å². The third-order valence-electron chi connectivity index (χ3n) is 3.56. The molecule has 1 heterocycles. The Kier molecular flexibility index (Phi) is 4.62. The summed E-state index contributed by atoms with van der Waals surface area (Å²) < 4.78 is 0. The second-order valence-corrected chi connectivity index (χ2v) is 6.49. The molecule has 1 fully saturated rings. The summed E-state index contributed by atoms with van der Waals surface area (Å²) in [7, 11) is 0. The Labute approximate surface area is 147 Å². The van der Waals surface area contributed by atoms with Gasteiger partial charge in [0, 0.05) is 12.5 Å². The summed E-state index contributed by atoms with van der Waals surface area (Å²) in [5.74, 6) is -1.16. The van der Waals surface area contributed by atoms with Crippen molar-refractivity contribution in [1.82, 2.24) is 0 Å². The van der Waals surface area contributed by atoms with Crippen LogP contribution in [0.4, 0.5) is 16.2 Å². The number of hydrogen-bond acceptors (Lipinski definition) is 6. The number of imide groups is 1. The number of nitrogens with one attached hydrogen (secondary N) is 1. The van der Waals surface area contributed by atoms with Crippen molar-refractivity contribution in [1.29, 1.82) is 0 Å². The number of rotatable bonds is 4. The fourth-order valence-electron chi connectivity index (χ4n) is 2.40. The number of phenols is 2. The van der Waals surface area contributed by atoms with Crippen molar-refractivity contribution in [2.45, 2.75) is 11.7 Å². The highest BCUT2D eigenvalue weighted by Crippen LogP contribution is 2.34. The van der Waals surface area contributed by atoms with Gasteiger partial charge in [-0.25, -0.2) is 4.90 Å². The molecule has 0 aromatic heterocycles. The van der Waals surface area contributed by atoms with E-state index in [1.165, 1.54) is 36.4 Å². The van der Waals surface area contributed by atoms with Crippen molar-refractivity contribution in [2.75, 3.05) is 10.2 Å². The van der Waals surface area contributed by atoms with Gasteiger partial charge in [-0.1, -0.05) is 18.2 Å². The van der Waals surface area contributed by atoms with Crippen LogP contribution in [0.1, 0.15) is 6.42 Å². The molecular formula is C17H14N2O5S. The Morgan fingerprint density at radius 3 is 2.60 bits per heavy atom. The number of carbonyl (C=O) groups excluding carboxylic acids is 3. The van der Waals surface area contributed by atoms with Crippen LogP contribution in [-0.2, 0) is 9.59 Å². The number of nitrogens with zero attached hydrogens (tertiary/aromatic N) is 1. The van der Waals surface area contributed by atoms with Crippen LogP contribution in [0.5, 0.6) is 11.5 Å². The lowest BCUT2D eigenvalue weighted by atomic mass is 10.2. The fourth-order valence-corrected chi connectivity index (χ4v) is 3.39. The highest BCUT2D eigenvalue weighted by atomic mass is 32.2. The van der Waals surface area contributed by atoms with Gasteiger partial charge in [0.25, 0.3) is 5.24 Å². The first-order chi connectivity index (χ1) is 12.0. The largest absolute Gasteiger partial charge is 0.508 e. The maximum Gasteiger partial charge on any atom is 0.293 e. The molecule has 0 radical (unpaired) electrons. The Balaban J connectivity index is 1.70. The van der Waals surface area contributed by atoms with Crippen LogP contribution in [-0.4, -0.2) is 32.5 Å². The highest BCUT2D eigenvalue weighted by molar-refractivity contribution is 8.15. The molecular weight excluding hydrogens is 344 g/mol. The van der Waals surface area contributed by atoms with E-state index in [4.69, 9.17) is 0 Å². The Bertz CT molecular complexity index is 854. The number of anilines is 2. The van der Waals surface area contributed by atoms with Gasteiger partial charge < -0.3 is 15.5 Å². The van der Waals surface area contributed by atoms with E-state index in [2.05, 4.69) is 5.32 Å². The van der Waals surface area contributed by atoms with Crippen molar-refractivity contribution in [3.8, 4) is 11.5 Å². The molecule has 7 nitrogen and oxygen atoms in total. The first kappa shape index (κ1) is 16.8. The quantitative estimate of drug-likeness (QED) is 0.726. The van der Waals surface area contributed by atoms with Gasteiger partial charge in [0.05, 0.1) is 11.4 Å². The molecule has 1 unspecified atom stereocenters. The van der Waals surface area contributed by atoms with E-state index in [1.807, 2.05) is 0 Å². The van der Waals surface area contributed by atoms with E-state index >= 15 is 0 Å². The third kappa shape index (κ3) is 3.58. The Hall–Kier alpha value is -3.00. The van der Waals surface area contributed by atoms with Gasteiger partial charge in [0.2, 0.25) is 11.8 Å². The van der Waals surface area contributed by atoms with Crippen molar-refractivity contribution in [2.24, 2.45) is 0 Å². The average Bonchev–Trinajstić information content (AvgIpc) is 2.83. The monoisotopic (exact) mass is 358 g/mol. The molecule has 3 rings (SSSR count). The Morgan fingerprint density at radius 1 is 1.12 bits per heavy atom.